The van der Waals surface area contributed by atoms with Gasteiger partial charge >= 0.3 is 0 Å². The van der Waals surface area contributed by atoms with Crippen LogP contribution in [0.3, 0.4) is 0 Å². The summed E-state index contributed by atoms with van der Waals surface area (Å²) in [5, 5.41) is 12.0. The first-order chi connectivity index (χ1) is 10.3. The lowest BCUT2D eigenvalue weighted by Gasteiger charge is -2.17. The highest BCUT2D eigenvalue weighted by Gasteiger charge is 2.20. The highest BCUT2D eigenvalue weighted by Crippen LogP contribution is 2.24. The number of anilines is 1. The summed E-state index contributed by atoms with van der Waals surface area (Å²) in [6, 6.07) is 9.59. The van der Waals surface area contributed by atoms with Crippen LogP contribution in [-0.2, 0) is 10.2 Å². The van der Waals surface area contributed by atoms with Crippen LogP contribution in [0.1, 0.15) is 33.3 Å². The molecule has 0 aliphatic rings. The number of carbonyl (C=O) groups excluding carboxylic acids is 1. The molecule has 0 bridgehead atoms. The number of hydrogen-bond acceptors (Lipinski definition) is 2. The smallest absolute Gasteiger partial charge is 0.255 e. The van der Waals surface area contributed by atoms with E-state index >= 15 is 0 Å². The van der Waals surface area contributed by atoms with Gasteiger partial charge in [-0.05, 0) is 51.5 Å². The molecule has 0 unspecified atom stereocenters. The summed E-state index contributed by atoms with van der Waals surface area (Å²) in [7, 11) is 0. The second kappa shape index (κ2) is 7.42. The molecule has 0 aromatic heterocycles. The van der Waals surface area contributed by atoms with Gasteiger partial charge in [0.25, 0.3) is 5.91 Å². The van der Waals surface area contributed by atoms with Gasteiger partial charge in [0.1, 0.15) is 0 Å². The van der Waals surface area contributed by atoms with Crippen molar-refractivity contribution in [3.63, 3.8) is 0 Å². The van der Waals surface area contributed by atoms with Gasteiger partial charge in [-0.15, -0.1) is 0 Å². The van der Waals surface area contributed by atoms with Crippen molar-refractivity contribution in [3.8, 4) is 6.07 Å². The summed E-state index contributed by atoms with van der Waals surface area (Å²) in [4.78, 5) is 12.2. The summed E-state index contributed by atoms with van der Waals surface area (Å²) in [5.74, 6) is -0.223. The Morgan fingerprint density at radius 3 is 2.55 bits per heavy atom. The molecule has 0 aliphatic heterocycles. The standard InChI is InChI=1S/C19H22N2O/c1-6-15(11-10-14(2)3)18(22)21-17-9-7-8-16(12-17)19(4,5)13-20/h6-12H,1H2,2-5H3,(H,21,22)/b15-11+. The van der Waals surface area contributed by atoms with Crippen LogP contribution in [0, 0.1) is 11.3 Å². The molecule has 0 radical (unpaired) electrons. The van der Waals surface area contributed by atoms with Gasteiger partial charge in [0.15, 0.2) is 0 Å². The predicted molar refractivity (Wildman–Crippen MR) is 91.4 cm³/mol. The molecule has 1 N–H and O–H groups in total. The first kappa shape index (κ1) is 17.5. The summed E-state index contributed by atoms with van der Waals surface area (Å²) >= 11 is 0. The fraction of sp³-hybridized carbons (Fsp3) is 0.263. The molecule has 0 saturated heterocycles. The second-order valence-corrected chi connectivity index (χ2v) is 5.84. The number of amides is 1. The van der Waals surface area contributed by atoms with Gasteiger partial charge in [-0.25, -0.2) is 0 Å². The van der Waals surface area contributed by atoms with E-state index in [0.29, 0.717) is 11.3 Å². The van der Waals surface area contributed by atoms with E-state index in [4.69, 9.17) is 0 Å². The monoisotopic (exact) mass is 294 g/mol. The van der Waals surface area contributed by atoms with E-state index in [-0.39, 0.29) is 5.91 Å². The Bertz CT molecular complexity index is 669. The third-order valence-corrected chi connectivity index (χ3v) is 3.20. The molecule has 0 heterocycles. The fourth-order valence-corrected chi connectivity index (χ4v) is 1.75. The molecule has 0 atom stereocenters. The Labute approximate surface area is 132 Å². The highest BCUT2D eigenvalue weighted by molar-refractivity contribution is 6.05. The zero-order valence-corrected chi connectivity index (χ0v) is 13.6. The maximum absolute atomic E-state index is 12.2. The number of nitrogens with zero attached hydrogens (tertiary/aromatic N) is 1. The first-order valence-corrected chi connectivity index (χ1v) is 7.11. The molecule has 1 aromatic rings. The number of allylic oxidation sites excluding steroid dienone is 3. The summed E-state index contributed by atoms with van der Waals surface area (Å²) in [5.41, 5.74) is 2.52. The van der Waals surface area contributed by atoms with E-state index in [0.717, 1.165) is 11.1 Å². The number of carbonyl (C=O) groups is 1. The third-order valence-electron chi connectivity index (χ3n) is 3.20. The quantitative estimate of drug-likeness (QED) is 0.642. The SMILES string of the molecule is C=C/C(=C\C=C(C)C)C(=O)Nc1cccc(C(C)(C)C#N)c1. The van der Waals surface area contributed by atoms with Crippen molar-refractivity contribution in [2.45, 2.75) is 33.1 Å². The van der Waals surface area contributed by atoms with Gasteiger partial charge in [0, 0.05) is 11.3 Å². The molecule has 114 valence electrons. The van der Waals surface area contributed by atoms with Crippen LogP contribution >= 0.6 is 0 Å². The van der Waals surface area contributed by atoms with Crippen molar-refractivity contribution < 1.29 is 4.79 Å². The zero-order chi connectivity index (χ0) is 16.8. The van der Waals surface area contributed by atoms with E-state index in [1.54, 1.807) is 12.1 Å². The lowest BCUT2D eigenvalue weighted by molar-refractivity contribution is -0.112. The van der Waals surface area contributed by atoms with E-state index in [1.807, 2.05) is 52.0 Å². The molecule has 1 aromatic carbocycles. The minimum absolute atomic E-state index is 0.223. The molecule has 0 spiro atoms. The molecule has 22 heavy (non-hydrogen) atoms. The van der Waals surface area contributed by atoms with Gasteiger partial charge < -0.3 is 5.32 Å². The van der Waals surface area contributed by atoms with Crippen LogP contribution < -0.4 is 5.32 Å². The van der Waals surface area contributed by atoms with E-state index in [1.165, 1.54) is 6.08 Å². The highest BCUT2D eigenvalue weighted by atomic mass is 16.1. The average Bonchev–Trinajstić information content (AvgIpc) is 2.47. The molecule has 1 rings (SSSR count). The summed E-state index contributed by atoms with van der Waals surface area (Å²) < 4.78 is 0. The van der Waals surface area contributed by atoms with Crippen LogP contribution in [0.4, 0.5) is 5.69 Å². The van der Waals surface area contributed by atoms with Gasteiger partial charge in [0.2, 0.25) is 0 Å². The van der Waals surface area contributed by atoms with Crippen LogP contribution in [-0.4, -0.2) is 5.91 Å². The molecule has 3 nitrogen and oxygen atoms in total. The topological polar surface area (TPSA) is 52.9 Å². The maximum atomic E-state index is 12.2. The van der Waals surface area contributed by atoms with E-state index in [2.05, 4.69) is 18.0 Å². The second-order valence-electron chi connectivity index (χ2n) is 5.84. The van der Waals surface area contributed by atoms with Gasteiger partial charge in [-0.2, -0.15) is 5.26 Å². The summed E-state index contributed by atoms with van der Waals surface area (Å²) in [6.07, 6.45) is 5.13. The van der Waals surface area contributed by atoms with Gasteiger partial charge in [-0.3, -0.25) is 4.79 Å². The number of hydrogen-bond donors (Lipinski definition) is 1. The minimum Gasteiger partial charge on any atom is -0.322 e. The van der Waals surface area contributed by atoms with Gasteiger partial charge in [-0.1, -0.05) is 36.4 Å². The van der Waals surface area contributed by atoms with E-state index < -0.39 is 5.41 Å². The number of benzene rings is 1. The minimum atomic E-state index is -0.597. The lowest BCUT2D eigenvalue weighted by atomic mass is 9.86. The third kappa shape index (κ3) is 4.75. The molecule has 0 fully saturated rings. The van der Waals surface area contributed by atoms with Crippen molar-refractivity contribution in [1.82, 2.24) is 0 Å². The van der Waals surface area contributed by atoms with Crippen molar-refractivity contribution in [3.05, 3.63) is 65.8 Å². The number of nitrogens with one attached hydrogen (secondary N) is 1. The Hall–Kier alpha value is -2.60. The Kier molecular flexibility index (Phi) is 5.89. The fourth-order valence-electron chi connectivity index (χ4n) is 1.75. The largest absolute Gasteiger partial charge is 0.322 e. The zero-order valence-electron chi connectivity index (χ0n) is 13.6. The van der Waals surface area contributed by atoms with Crippen LogP contribution in [0.25, 0.3) is 0 Å². The molecule has 0 saturated carbocycles. The Balaban J connectivity index is 3.01. The van der Waals surface area contributed by atoms with Crippen molar-refractivity contribution >= 4 is 11.6 Å². The number of nitriles is 1. The van der Waals surface area contributed by atoms with Crippen LogP contribution in [0.2, 0.25) is 0 Å². The molecule has 1 amide bonds. The molecular formula is C19H22N2O. The molecular weight excluding hydrogens is 272 g/mol. The lowest BCUT2D eigenvalue weighted by Crippen LogP contribution is -2.16. The van der Waals surface area contributed by atoms with Gasteiger partial charge in [0.05, 0.1) is 11.5 Å². The summed E-state index contributed by atoms with van der Waals surface area (Å²) in [6.45, 7) is 11.3. The Morgan fingerprint density at radius 2 is 2.00 bits per heavy atom. The van der Waals surface area contributed by atoms with Crippen molar-refractivity contribution in [2.75, 3.05) is 5.32 Å². The number of rotatable bonds is 5. The van der Waals surface area contributed by atoms with E-state index in [9.17, 15) is 10.1 Å². The normalized spacial score (nSPS) is 11.3. The Morgan fingerprint density at radius 1 is 1.32 bits per heavy atom. The maximum Gasteiger partial charge on any atom is 0.255 e. The van der Waals surface area contributed by atoms with Crippen molar-refractivity contribution in [2.24, 2.45) is 0 Å². The van der Waals surface area contributed by atoms with Crippen molar-refractivity contribution in [1.29, 1.82) is 5.26 Å². The molecule has 0 aliphatic carbocycles. The van der Waals surface area contributed by atoms with Crippen LogP contribution in [0.5, 0.6) is 0 Å². The van der Waals surface area contributed by atoms with Crippen LogP contribution in [0.15, 0.2) is 60.2 Å². The molecule has 3 heteroatoms. The first-order valence-electron chi connectivity index (χ1n) is 7.11. The predicted octanol–water partition coefficient (Wildman–Crippen LogP) is 4.50. The average molecular weight is 294 g/mol.